The minimum absolute atomic E-state index is 0.374. The molecule has 0 radical (unpaired) electrons. The largest absolute Gasteiger partial charge is 0.313 e. The maximum Gasteiger partial charge on any atom is 0.160 e. The fraction of sp³-hybridized carbons (Fsp3) is 0.333. The van der Waals surface area contributed by atoms with Crippen LogP contribution >= 0.6 is 11.6 Å². The van der Waals surface area contributed by atoms with Crippen LogP contribution in [0.4, 0.5) is 0 Å². The normalized spacial score (nSPS) is 11.4. The number of nitrogens with zero attached hydrogens (tertiary/aromatic N) is 3. The molecule has 3 nitrogen and oxygen atoms in total. The molecule has 0 aliphatic heterocycles. The maximum absolute atomic E-state index is 5.80. The highest BCUT2D eigenvalue weighted by atomic mass is 35.5. The molecule has 2 heterocycles. The number of aromatic nitrogens is 3. The topological polar surface area (TPSA) is 30.7 Å². The Morgan fingerprint density at radius 2 is 2.15 bits per heavy atom. The SMILES string of the molecule is CC(C)n1cnc2cc(Cl)cnc21. The van der Waals surface area contributed by atoms with Gasteiger partial charge in [-0.05, 0) is 19.9 Å². The van der Waals surface area contributed by atoms with E-state index in [0.29, 0.717) is 11.1 Å². The second kappa shape index (κ2) is 3.00. The Morgan fingerprint density at radius 1 is 1.38 bits per heavy atom. The second-order valence-corrected chi connectivity index (χ2v) is 3.68. The van der Waals surface area contributed by atoms with Gasteiger partial charge in [0.2, 0.25) is 0 Å². The average molecular weight is 196 g/mol. The predicted molar refractivity (Wildman–Crippen MR) is 52.9 cm³/mol. The van der Waals surface area contributed by atoms with E-state index >= 15 is 0 Å². The molecule has 0 aliphatic carbocycles. The van der Waals surface area contributed by atoms with Gasteiger partial charge >= 0.3 is 0 Å². The third-order valence-electron chi connectivity index (χ3n) is 1.94. The minimum Gasteiger partial charge on any atom is -0.313 e. The molecule has 2 aromatic rings. The van der Waals surface area contributed by atoms with Crippen molar-refractivity contribution in [3.05, 3.63) is 23.6 Å². The number of imidazole rings is 1. The summed E-state index contributed by atoms with van der Waals surface area (Å²) in [7, 11) is 0. The molecule has 0 spiro atoms. The van der Waals surface area contributed by atoms with Crippen LogP contribution in [-0.2, 0) is 0 Å². The monoisotopic (exact) mass is 195 g/mol. The molecule has 0 saturated carbocycles. The zero-order valence-corrected chi connectivity index (χ0v) is 8.28. The first-order valence-corrected chi connectivity index (χ1v) is 4.54. The van der Waals surface area contributed by atoms with Crippen LogP contribution in [0.1, 0.15) is 19.9 Å². The van der Waals surface area contributed by atoms with Gasteiger partial charge in [0.25, 0.3) is 0 Å². The van der Waals surface area contributed by atoms with Gasteiger partial charge in [-0.25, -0.2) is 9.97 Å². The Bertz CT molecular complexity index is 433. The molecule has 0 atom stereocenters. The summed E-state index contributed by atoms with van der Waals surface area (Å²) in [5.41, 5.74) is 1.74. The van der Waals surface area contributed by atoms with Crippen LogP contribution in [0.15, 0.2) is 18.6 Å². The molecule has 0 bridgehead atoms. The van der Waals surface area contributed by atoms with Crippen LogP contribution in [0.2, 0.25) is 5.02 Å². The molecule has 2 rings (SSSR count). The summed E-state index contributed by atoms with van der Waals surface area (Å²) < 4.78 is 2.02. The quantitative estimate of drug-likeness (QED) is 0.701. The van der Waals surface area contributed by atoms with Crippen LogP contribution < -0.4 is 0 Å². The second-order valence-electron chi connectivity index (χ2n) is 3.24. The number of fused-ring (bicyclic) bond motifs is 1. The van der Waals surface area contributed by atoms with Crippen LogP contribution in [0.25, 0.3) is 11.2 Å². The van der Waals surface area contributed by atoms with E-state index < -0.39 is 0 Å². The van der Waals surface area contributed by atoms with E-state index in [2.05, 4.69) is 23.8 Å². The third kappa shape index (κ3) is 1.40. The summed E-state index contributed by atoms with van der Waals surface area (Å²) in [5, 5.41) is 0.626. The average Bonchev–Trinajstić information content (AvgIpc) is 2.46. The zero-order valence-electron chi connectivity index (χ0n) is 7.53. The lowest BCUT2D eigenvalue weighted by molar-refractivity contribution is 0.613. The van der Waals surface area contributed by atoms with Crippen molar-refractivity contribution in [1.29, 1.82) is 0 Å². The van der Waals surface area contributed by atoms with Crippen molar-refractivity contribution < 1.29 is 0 Å². The number of rotatable bonds is 1. The van der Waals surface area contributed by atoms with Gasteiger partial charge in [0, 0.05) is 12.2 Å². The number of hydrogen-bond donors (Lipinski definition) is 0. The van der Waals surface area contributed by atoms with Gasteiger partial charge in [0.15, 0.2) is 5.65 Å². The van der Waals surface area contributed by atoms with Crippen molar-refractivity contribution in [3.63, 3.8) is 0 Å². The van der Waals surface area contributed by atoms with E-state index in [1.807, 2.05) is 10.6 Å². The number of halogens is 1. The summed E-state index contributed by atoms with van der Waals surface area (Å²) in [6.07, 6.45) is 3.43. The Kier molecular flexibility index (Phi) is 1.96. The summed E-state index contributed by atoms with van der Waals surface area (Å²) >= 11 is 5.80. The minimum atomic E-state index is 0.374. The van der Waals surface area contributed by atoms with E-state index in [0.717, 1.165) is 11.2 Å². The van der Waals surface area contributed by atoms with Gasteiger partial charge in [-0.2, -0.15) is 0 Å². The van der Waals surface area contributed by atoms with Crippen molar-refractivity contribution in [3.8, 4) is 0 Å². The maximum atomic E-state index is 5.80. The fourth-order valence-corrected chi connectivity index (χ4v) is 1.42. The first-order chi connectivity index (χ1) is 6.18. The van der Waals surface area contributed by atoms with Gasteiger partial charge in [-0.15, -0.1) is 0 Å². The molecule has 2 aromatic heterocycles. The molecule has 0 aromatic carbocycles. The van der Waals surface area contributed by atoms with Gasteiger partial charge in [-0.3, -0.25) is 0 Å². The van der Waals surface area contributed by atoms with Gasteiger partial charge in [0.1, 0.15) is 5.52 Å². The highest BCUT2D eigenvalue weighted by molar-refractivity contribution is 6.30. The van der Waals surface area contributed by atoms with E-state index in [9.17, 15) is 0 Å². The van der Waals surface area contributed by atoms with Crippen molar-refractivity contribution in [2.75, 3.05) is 0 Å². The van der Waals surface area contributed by atoms with E-state index in [1.54, 1.807) is 12.5 Å². The molecule has 13 heavy (non-hydrogen) atoms. The lowest BCUT2D eigenvalue weighted by atomic mass is 10.4. The van der Waals surface area contributed by atoms with Gasteiger partial charge in [0.05, 0.1) is 11.3 Å². The number of hydrogen-bond acceptors (Lipinski definition) is 2. The lowest BCUT2D eigenvalue weighted by Gasteiger charge is -2.05. The Balaban J connectivity index is 2.69. The standard InChI is InChI=1S/C9H10ClN3/c1-6(2)13-5-12-8-3-7(10)4-11-9(8)13/h3-6H,1-2H3. The highest BCUT2D eigenvalue weighted by Crippen LogP contribution is 2.18. The van der Waals surface area contributed by atoms with Crippen molar-refractivity contribution in [2.45, 2.75) is 19.9 Å². The molecule has 0 N–H and O–H groups in total. The Morgan fingerprint density at radius 3 is 2.85 bits per heavy atom. The van der Waals surface area contributed by atoms with Gasteiger partial charge in [-0.1, -0.05) is 11.6 Å². The van der Waals surface area contributed by atoms with Crippen molar-refractivity contribution >= 4 is 22.8 Å². The van der Waals surface area contributed by atoms with Gasteiger partial charge < -0.3 is 4.57 Å². The summed E-state index contributed by atoms with van der Waals surface area (Å²) in [4.78, 5) is 8.45. The molecule has 0 amide bonds. The van der Waals surface area contributed by atoms with E-state index in [-0.39, 0.29) is 0 Å². The molecular weight excluding hydrogens is 186 g/mol. The van der Waals surface area contributed by atoms with E-state index in [4.69, 9.17) is 11.6 Å². The summed E-state index contributed by atoms with van der Waals surface area (Å²) in [5.74, 6) is 0. The lowest BCUT2D eigenvalue weighted by Crippen LogP contribution is -1.99. The summed E-state index contributed by atoms with van der Waals surface area (Å²) in [6, 6.07) is 2.20. The molecule has 0 aliphatic rings. The third-order valence-corrected chi connectivity index (χ3v) is 2.14. The van der Waals surface area contributed by atoms with Crippen LogP contribution in [0, 0.1) is 0 Å². The predicted octanol–water partition coefficient (Wildman–Crippen LogP) is 2.67. The first kappa shape index (κ1) is 8.51. The fourth-order valence-electron chi connectivity index (χ4n) is 1.27. The van der Waals surface area contributed by atoms with Crippen molar-refractivity contribution in [1.82, 2.24) is 14.5 Å². The smallest absolute Gasteiger partial charge is 0.160 e. The molecule has 0 fully saturated rings. The molecule has 68 valence electrons. The van der Waals surface area contributed by atoms with E-state index in [1.165, 1.54) is 0 Å². The first-order valence-electron chi connectivity index (χ1n) is 4.16. The van der Waals surface area contributed by atoms with Crippen molar-refractivity contribution in [2.24, 2.45) is 0 Å². The molecule has 4 heteroatoms. The van der Waals surface area contributed by atoms with Crippen LogP contribution in [0.5, 0.6) is 0 Å². The highest BCUT2D eigenvalue weighted by Gasteiger charge is 2.06. The molecule has 0 saturated heterocycles. The zero-order chi connectivity index (χ0) is 9.42. The van der Waals surface area contributed by atoms with Crippen LogP contribution in [-0.4, -0.2) is 14.5 Å². The number of pyridine rings is 1. The van der Waals surface area contributed by atoms with Crippen LogP contribution in [0.3, 0.4) is 0 Å². The molecule has 0 unspecified atom stereocenters. The Hall–Kier alpha value is -1.09. The Labute approximate surface area is 81.4 Å². The summed E-state index contributed by atoms with van der Waals surface area (Å²) in [6.45, 7) is 4.19. The molecular formula is C9H10ClN3.